The van der Waals surface area contributed by atoms with Gasteiger partial charge in [-0.25, -0.2) is 8.42 Å². The molecule has 0 amide bonds. The molecule has 0 bridgehead atoms. The minimum absolute atomic E-state index is 0.222. The van der Waals surface area contributed by atoms with Crippen LogP contribution in [0, 0.1) is 0 Å². The summed E-state index contributed by atoms with van der Waals surface area (Å²) in [6.45, 7) is 0. The van der Waals surface area contributed by atoms with Crippen molar-refractivity contribution in [3.05, 3.63) is 53.0 Å². The first-order chi connectivity index (χ1) is 9.01. The topological polar surface area (TPSA) is 58.2 Å². The first-order valence-corrected chi connectivity index (χ1v) is 7.85. The zero-order valence-corrected chi connectivity index (χ0v) is 12.6. The van der Waals surface area contributed by atoms with Crippen molar-refractivity contribution in [3.63, 3.8) is 0 Å². The quantitative estimate of drug-likeness (QED) is 0.897. The van der Waals surface area contributed by atoms with Crippen LogP contribution in [-0.4, -0.2) is 15.5 Å². The Morgan fingerprint density at radius 3 is 2.21 bits per heavy atom. The van der Waals surface area contributed by atoms with Gasteiger partial charge in [0, 0.05) is 22.9 Å². The molecule has 0 fully saturated rings. The molecule has 0 spiro atoms. The molecule has 0 heterocycles. The van der Waals surface area contributed by atoms with Crippen molar-refractivity contribution in [2.75, 3.05) is 17.1 Å². The molecular weight excluding hydrogens is 328 g/mol. The highest BCUT2D eigenvalue weighted by atomic mass is 79.9. The Hall–Kier alpha value is -1.53. The van der Waals surface area contributed by atoms with Crippen LogP contribution in [0.1, 0.15) is 0 Å². The molecule has 0 unspecified atom stereocenters. The summed E-state index contributed by atoms with van der Waals surface area (Å²) in [7, 11) is -1.75. The van der Waals surface area contributed by atoms with Crippen LogP contribution in [0.3, 0.4) is 0 Å². The van der Waals surface area contributed by atoms with E-state index in [1.807, 2.05) is 0 Å². The van der Waals surface area contributed by atoms with E-state index >= 15 is 0 Å². The maximum Gasteiger partial charge on any atom is 0.261 e. The van der Waals surface area contributed by atoms with Gasteiger partial charge in [0.05, 0.1) is 4.90 Å². The normalized spacial score (nSPS) is 11.1. The Bertz CT molecular complexity index is 669. The van der Waals surface area contributed by atoms with Gasteiger partial charge in [-0.15, -0.1) is 0 Å². The Labute approximate surface area is 121 Å². The molecule has 2 aromatic carbocycles. The van der Waals surface area contributed by atoms with Crippen molar-refractivity contribution in [2.24, 2.45) is 0 Å². The van der Waals surface area contributed by atoms with E-state index in [0.29, 0.717) is 5.69 Å². The van der Waals surface area contributed by atoms with Gasteiger partial charge >= 0.3 is 0 Å². The summed E-state index contributed by atoms with van der Waals surface area (Å²) >= 11 is 3.26. The van der Waals surface area contributed by atoms with E-state index in [4.69, 9.17) is 0 Å². The summed E-state index contributed by atoms with van der Waals surface area (Å²) in [6.07, 6.45) is 0. The van der Waals surface area contributed by atoms with Crippen molar-refractivity contribution in [1.82, 2.24) is 0 Å². The molecule has 19 heavy (non-hydrogen) atoms. The van der Waals surface area contributed by atoms with Crippen molar-refractivity contribution < 1.29 is 8.42 Å². The van der Waals surface area contributed by atoms with Gasteiger partial charge in [-0.05, 0) is 42.5 Å². The maximum atomic E-state index is 12.2. The highest BCUT2D eigenvalue weighted by Gasteiger charge is 2.14. The molecule has 2 rings (SSSR count). The van der Waals surface area contributed by atoms with E-state index in [1.54, 1.807) is 55.6 Å². The summed E-state index contributed by atoms with van der Waals surface area (Å²) < 4.78 is 27.6. The second-order valence-corrected chi connectivity index (χ2v) is 6.49. The Balaban J connectivity index is 2.25. The molecule has 6 heteroatoms. The van der Waals surface area contributed by atoms with Gasteiger partial charge in [-0.3, -0.25) is 4.72 Å². The Kier molecular flexibility index (Phi) is 4.11. The number of nitrogens with one attached hydrogen (secondary N) is 2. The Morgan fingerprint density at radius 1 is 1.00 bits per heavy atom. The molecule has 0 saturated heterocycles. The van der Waals surface area contributed by atoms with E-state index < -0.39 is 10.0 Å². The van der Waals surface area contributed by atoms with Crippen LogP contribution in [0.4, 0.5) is 11.4 Å². The van der Waals surface area contributed by atoms with Crippen molar-refractivity contribution in [3.8, 4) is 0 Å². The monoisotopic (exact) mass is 340 g/mol. The number of anilines is 2. The lowest BCUT2D eigenvalue weighted by Gasteiger charge is -2.09. The molecule has 100 valence electrons. The molecule has 2 N–H and O–H groups in total. The highest BCUT2D eigenvalue weighted by molar-refractivity contribution is 9.10. The van der Waals surface area contributed by atoms with Crippen LogP contribution < -0.4 is 10.0 Å². The lowest BCUT2D eigenvalue weighted by Crippen LogP contribution is -2.12. The van der Waals surface area contributed by atoms with Crippen molar-refractivity contribution in [2.45, 2.75) is 4.90 Å². The van der Waals surface area contributed by atoms with Crippen LogP contribution in [0.5, 0.6) is 0 Å². The average Bonchev–Trinajstić information content (AvgIpc) is 2.39. The maximum absolute atomic E-state index is 12.2. The van der Waals surface area contributed by atoms with Gasteiger partial charge in [0.25, 0.3) is 10.0 Å². The molecule has 0 aromatic heterocycles. The van der Waals surface area contributed by atoms with Crippen molar-refractivity contribution >= 4 is 37.3 Å². The highest BCUT2D eigenvalue weighted by Crippen LogP contribution is 2.20. The molecule has 0 aliphatic heterocycles. The number of hydrogen-bond donors (Lipinski definition) is 2. The lowest BCUT2D eigenvalue weighted by atomic mass is 10.3. The zero-order valence-electron chi connectivity index (χ0n) is 10.2. The van der Waals surface area contributed by atoms with Crippen molar-refractivity contribution in [1.29, 1.82) is 0 Å². The van der Waals surface area contributed by atoms with Gasteiger partial charge in [0.1, 0.15) is 0 Å². The van der Waals surface area contributed by atoms with Crippen LogP contribution in [-0.2, 0) is 10.0 Å². The summed E-state index contributed by atoms with van der Waals surface area (Å²) in [5.74, 6) is 0. The molecule has 2 aromatic rings. The fraction of sp³-hybridized carbons (Fsp3) is 0.0769. The van der Waals surface area contributed by atoms with E-state index in [9.17, 15) is 8.42 Å². The van der Waals surface area contributed by atoms with Gasteiger partial charge in [0.2, 0.25) is 0 Å². The third-order valence-corrected chi connectivity index (χ3v) is 4.40. The lowest BCUT2D eigenvalue weighted by molar-refractivity contribution is 0.601. The smallest absolute Gasteiger partial charge is 0.261 e. The second-order valence-electron chi connectivity index (χ2n) is 3.89. The third kappa shape index (κ3) is 3.48. The SMILES string of the molecule is CNc1ccc(NS(=O)(=O)c2cccc(Br)c2)cc1. The average molecular weight is 341 g/mol. The van der Waals surface area contributed by atoms with Crippen LogP contribution >= 0.6 is 15.9 Å². The number of benzene rings is 2. The summed E-state index contributed by atoms with van der Waals surface area (Å²) in [5.41, 5.74) is 1.45. The Morgan fingerprint density at radius 2 is 1.63 bits per heavy atom. The first kappa shape index (κ1) is 13.9. The van der Waals surface area contributed by atoms with E-state index in [0.717, 1.165) is 10.2 Å². The standard InChI is InChI=1S/C13H13BrN2O2S/c1-15-11-5-7-12(8-6-11)16-19(17,18)13-4-2-3-10(14)9-13/h2-9,15-16H,1H3. The largest absolute Gasteiger partial charge is 0.388 e. The second kappa shape index (κ2) is 5.63. The summed E-state index contributed by atoms with van der Waals surface area (Å²) in [6, 6.07) is 13.6. The minimum Gasteiger partial charge on any atom is -0.388 e. The number of halogens is 1. The fourth-order valence-electron chi connectivity index (χ4n) is 1.55. The fourth-order valence-corrected chi connectivity index (χ4v) is 3.21. The van der Waals surface area contributed by atoms with Crippen LogP contribution in [0.15, 0.2) is 57.9 Å². The zero-order chi connectivity index (χ0) is 13.9. The number of sulfonamides is 1. The first-order valence-electron chi connectivity index (χ1n) is 5.57. The molecule has 0 radical (unpaired) electrons. The van der Waals surface area contributed by atoms with E-state index in [1.165, 1.54) is 0 Å². The van der Waals surface area contributed by atoms with Gasteiger partial charge in [0.15, 0.2) is 0 Å². The van der Waals surface area contributed by atoms with Gasteiger partial charge < -0.3 is 5.32 Å². The predicted molar refractivity (Wildman–Crippen MR) is 80.9 cm³/mol. The van der Waals surface area contributed by atoms with Crippen LogP contribution in [0.2, 0.25) is 0 Å². The van der Waals surface area contributed by atoms with E-state index in [2.05, 4.69) is 26.0 Å². The molecule has 0 saturated carbocycles. The molecule has 4 nitrogen and oxygen atoms in total. The minimum atomic E-state index is -3.56. The molecule has 0 aliphatic carbocycles. The third-order valence-electron chi connectivity index (χ3n) is 2.53. The van der Waals surface area contributed by atoms with Crippen LogP contribution in [0.25, 0.3) is 0 Å². The number of rotatable bonds is 4. The van der Waals surface area contributed by atoms with E-state index in [-0.39, 0.29) is 4.90 Å². The molecule has 0 aliphatic rings. The molecular formula is C13H13BrN2O2S. The van der Waals surface area contributed by atoms with Gasteiger partial charge in [-0.1, -0.05) is 22.0 Å². The van der Waals surface area contributed by atoms with Gasteiger partial charge in [-0.2, -0.15) is 0 Å². The summed E-state index contributed by atoms with van der Waals surface area (Å²) in [4.78, 5) is 0.222. The molecule has 0 atom stereocenters. The predicted octanol–water partition coefficient (Wildman–Crippen LogP) is 3.29. The number of hydrogen-bond acceptors (Lipinski definition) is 3. The summed E-state index contributed by atoms with van der Waals surface area (Å²) in [5, 5.41) is 2.97.